The van der Waals surface area contributed by atoms with E-state index >= 15 is 0 Å². The van der Waals surface area contributed by atoms with Crippen molar-refractivity contribution in [2.24, 2.45) is 5.73 Å². The Bertz CT molecular complexity index is 344. The number of hydrogen-bond acceptors (Lipinski definition) is 5. The van der Waals surface area contributed by atoms with Gasteiger partial charge in [-0.15, -0.1) is 0 Å². The number of nitrogens with zero attached hydrogens (tertiary/aromatic N) is 2. The highest BCUT2D eigenvalue weighted by Crippen LogP contribution is 2.22. The third kappa shape index (κ3) is 3.19. The molecule has 0 spiro atoms. The molecule has 6 heteroatoms. The van der Waals surface area contributed by atoms with Gasteiger partial charge in [0, 0.05) is 38.3 Å². The zero-order valence-corrected chi connectivity index (χ0v) is 11.3. The van der Waals surface area contributed by atoms with Crippen LogP contribution in [0.2, 0.25) is 0 Å². The molecular weight excluding hydrogens is 238 g/mol. The molecule has 5 nitrogen and oxygen atoms in total. The maximum Gasteiger partial charge on any atom is 0.150 e. The van der Waals surface area contributed by atoms with Crippen LogP contribution in [0.25, 0.3) is 0 Å². The molecule has 2 saturated heterocycles. The minimum atomic E-state index is -2.76. The Morgan fingerprint density at radius 3 is 2.47 bits per heavy atom. The van der Waals surface area contributed by atoms with Crippen LogP contribution in [0.5, 0.6) is 0 Å². The van der Waals surface area contributed by atoms with Crippen LogP contribution in [0.1, 0.15) is 12.8 Å². The van der Waals surface area contributed by atoms with Crippen LogP contribution in [-0.2, 0) is 9.84 Å². The quantitative estimate of drug-likeness (QED) is 0.700. The first kappa shape index (κ1) is 13.3. The highest BCUT2D eigenvalue weighted by atomic mass is 32.2. The molecule has 0 bridgehead atoms. The molecular formula is C11H23N3O2S. The summed E-state index contributed by atoms with van der Waals surface area (Å²) >= 11 is 0. The van der Waals surface area contributed by atoms with Crippen molar-refractivity contribution in [2.45, 2.75) is 24.9 Å². The largest absolute Gasteiger partial charge is 0.329 e. The van der Waals surface area contributed by atoms with Gasteiger partial charge in [-0.3, -0.25) is 4.90 Å². The first-order valence-electron chi connectivity index (χ1n) is 6.36. The van der Waals surface area contributed by atoms with Crippen LogP contribution in [0.4, 0.5) is 0 Å². The molecule has 1 atom stereocenters. The average molecular weight is 261 g/mol. The van der Waals surface area contributed by atoms with Crippen LogP contribution in [0.15, 0.2) is 0 Å². The molecule has 1 unspecified atom stereocenters. The maximum absolute atomic E-state index is 11.4. The number of nitrogens with two attached hydrogens (primary N) is 1. The second-order valence-electron chi connectivity index (χ2n) is 5.27. The Morgan fingerprint density at radius 2 is 1.88 bits per heavy atom. The highest BCUT2D eigenvalue weighted by molar-refractivity contribution is 7.91. The molecule has 0 radical (unpaired) electrons. The van der Waals surface area contributed by atoms with Crippen molar-refractivity contribution in [2.75, 3.05) is 44.7 Å². The van der Waals surface area contributed by atoms with Gasteiger partial charge in [0.1, 0.15) is 9.84 Å². The standard InChI is InChI=1S/C11H23N3O2S/c1-13-4-5-14(11(8-12)9-13)10-2-6-17(15,16)7-3-10/h10-11H,2-9,12H2,1H3. The van der Waals surface area contributed by atoms with E-state index in [4.69, 9.17) is 5.73 Å². The summed E-state index contributed by atoms with van der Waals surface area (Å²) < 4.78 is 22.9. The van der Waals surface area contributed by atoms with E-state index in [9.17, 15) is 8.42 Å². The van der Waals surface area contributed by atoms with Crippen LogP contribution in [-0.4, -0.2) is 75.0 Å². The molecule has 0 amide bonds. The summed E-state index contributed by atoms with van der Waals surface area (Å²) in [5.74, 6) is 0.697. The van der Waals surface area contributed by atoms with Crippen molar-refractivity contribution in [1.82, 2.24) is 9.80 Å². The minimum absolute atomic E-state index is 0.349. The van der Waals surface area contributed by atoms with E-state index < -0.39 is 9.84 Å². The number of sulfone groups is 1. The van der Waals surface area contributed by atoms with E-state index in [1.165, 1.54) is 0 Å². The number of hydrogen-bond donors (Lipinski definition) is 1. The monoisotopic (exact) mass is 261 g/mol. The molecule has 0 aromatic carbocycles. The lowest BCUT2D eigenvalue weighted by Crippen LogP contribution is -2.59. The summed E-state index contributed by atoms with van der Waals surface area (Å²) in [6, 6.07) is 0.806. The fraction of sp³-hybridized carbons (Fsp3) is 1.00. The molecule has 2 aliphatic rings. The lowest BCUT2D eigenvalue weighted by atomic mass is 10.0. The zero-order chi connectivity index (χ0) is 12.5. The van der Waals surface area contributed by atoms with E-state index in [1.54, 1.807) is 0 Å². The summed E-state index contributed by atoms with van der Waals surface area (Å²) in [4.78, 5) is 4.74. The number of rotatable bonds is 2. The summed E-state index contributed by atoms with van der Waals surface area (Å²) in [6.45, 7) is 3.73. The summed E-state index contributed by atoms with van der Waals surface area (Å²) in [7, 11) is -0.641. The van der Waals surface area contributed by atoms with Gasteiger partial charge in [-0.25, -0.2) is 8.42 Å². The SMILES string of the molecule is CN1CCN(C2CCS(=O)(=O)CC2)C(CN)C1. The molecule has 2 rings (SSSR count). The van der Waals surface area contributed by atoms with Gasteiger partial charge in [0.05, 0.1) is 11.5 Å². The van der Waals surface area contributed by atoms with E-state index in [0.717, 1.165) is 32.5 Å². The second-order valence-corrected chi connectivity index (χ2v) is 7.58. The molecule has 0 aromatic rings. The molecule has 0 aromatic heterocycles. The first-order valence-corrected chi connectivity index (χ1v) is 8.19. The number of likely N-dealkylation sites (N-methyl/N-ethyl adjacent to an activating group) is 1. The lowest BCUT2D eigenvalue weighted by molar-refractivity contribution is 0.0520. The normalized spacial score (nSPS) is 32.7. The van der Waals surface area contributed by atoms with Gasteiger partial charge in [0.15, 0.2) is 0 Å². The fourth-order valence-electron chi connectivity index (χ4n) is 2.92. The Labute approximate surface area is 104 Å². The average Bonchev–Trinajstić information content (AvgIpc) is 2.29. The number of piperazine rings is 1. The summed E-state index contributed by atoms with van der Waals surface area (Å²) in [5.41, 5.74) is 5.83. The molecule has 2 fully saturated rings. The van der Waals surface area contributed by atoms with Crippen molar-refractivity contribution in [3.63, 3.8) is 0 Å². The highest BCUT2D eigenvalue weighted by Gasteiger charge is 2.33. The van der Waals surface area contributed by atoms with Crippen LogP contribution < -0.4 is 5.73 Å². The van der Waals surface area contributed by atoms with Gasteiger partial charge >= 0.3 is 0 Å². The molecule has 100 valence electrons. The maximum atomic E-state index is 11.4. The zero-order valence-electron chi connectivity index (χ0n) is 10.5. The first-order chi connectivity index (χ1) is 8.02. The van der Waals surface area contributed by atoms with Crippen molar-refractivity contribution in [1.29, 1.82) is 0 Å². The molecule has 2 aliphatic heterocycles. The van der Waals surface area contributed by atoms with E-state index in [-0.39, 0.29) is 0 Å². The van der Waals surface area contributed by atoms with Gasteiger partial charge in [-0.05, 0) is 19.9 Å². The van der Waals surface area contributed by atoms with Gasteiger partial charge in [0.25, 0.3) is 0 Å². The Hall–Kier alpha value is -0.170. The van der Waals surface area contributed by atoms with Gasteiger partial charge < -0.3 is 10.6 Å². The molecule has 2 heterocycles. The Morgan fingerprint density at radius 1 is 1.24 bits per heavy atom. The van der Waals surface area contributed by atoms with E-state index in [1.807, 2.05) is 0 Å². The third-order valence-electron chi connectivity index (χ3n) is 4.00. The third-order valence-corrected chi connectivity index (χ3v) is 5.71. The van der Waals surface area contributed by atoms with Crippen LogP contribution in [0.3, 0.4) is 0 Å². The van der Waals surface area contributed by atoms with Crippen LogP contribution in [0, 0.1) is 0 Å². The van der Waals surface area contributed by atoms with Crippen molar-refractivity contribution in [3.05, 3.63) is 0 Å². The van der Waals surface area contributed by atoms with Crippen molar-refractivity contribution >= 4 is 9.84 Å². The molecule has 17 heavy (non-hydrogen) atoms. The summed E-state index contributed by atoms with van der Waals surface area (Å²) in [6.07, 6.45) is 1.56. The van der Waals surface area contributed by atoms with Crippen LogP contribution >= 0.6 is 0 Å². The predicted molar refractivity (Wildman–Crippen MR) is 68.7 cm³/mol. The lowest BCUT2D eigenvalue weighted by Gasteiger charge is -2.45. The van der Waals surface area contributed by atoms with E-state index in [0.29, 0.717) is 30.1 Å². The molecule has 2 N–H and O–H groups in total. The van der Waals surface area contributed by atoms with Crippen molar-refractivity contribution in [3.8, 4) is 0 Å². The fourth-order valence-corrected chi connectivity index (χ4v) is 4.39. The topological polar surface area (TPSA) is 66.6 Å². The minimum Gasteiger partial charge on any atom is -0.329 e. The Kier molecular flexibility index (Phi) is 4.07. The van der Waals surface area contributed by atoms with Gasteiger partial charge in [-0.1, -0.05) is 0 Å². The van der Waals surface area contributed by atoms with Crippen molar-refractivity contribution < 1.29 is 8.42 Å². The molecule has 0 saturated carbocycles. The van der Waals surface area contributed by atoms with Gasteiger partial charge in [-0.2, -0.15) is 0 Å². The predicted octanol–water partition coefficient (Wildman–Crippen LogP) is -0.862. The Balaban J connectivity index is 1.97. The smallest absolute Gasteiger partial charge is 0.150 e. The van der Waals surface area contributed by atoms with Gasteiger partial charge in [0.2, 0.25) is 0 Å². The summed E-state index contributed by atoms with van der Waals surface area (Å²) in [5, 5.41) is 0. The molecule has 0 aliphatic carbocycles. The second kappa shape index (κ2) is 5.22. The van der Waals surface area contributed by atoms with E-state index in [2.05, 4.69) is 16.8 Å².